The Labute approximate surface area is 154 Å². The van der Waals surface area contributed by atoms with Gasteiger partial charge in [0.1, 0.15) is 11.3 Å². The fourth-order valence-corrected chi connectivity index (χ4v) is 3.68. The van der Waals surface area contributed by atoms with E-state index in [1.807, 2.05) is 54.6 Å². The highest BCUT2D eigenvalue weighted by Crippen LogP contribution is 2.16. The van der Waals surface area contributed by atoms with Crippen LogP contribution in [-0.2, 0) is 13.0 Å². The molecule has 1 amide bonds. The maximum absolute atomic E-state index is 12.7. The number of hydrogen-bond donors (Lipinski definition) is 1. The predicted octanol–water partition coefficient (Wildman–Crippen LogP) is 3.10. The number of rotatable bonds is 5. The van der Waals surface area contributed by atoms with Gasteiger partial charge in [0.15, 0.2) is 0 Å². The molecule has 7 nitrogen and oxygen atoms in total. The van der Waals surface area contributed by atoms with Crippen molar-refractivity contribution in [3.63, 3.8) is 0 Å². The van der Waals surface area contributed by atoms with Crippen molar-refractivity contribution in [1.82, 2.24) is 24.1 Å². The molecule has 0 spiro atoms. The summed E-state index contributed by atoms with van der Waals surface area (Å²) in [6, 6.07) is 5.66. The second-order valence-corrected chi connectivity index (χ2v) is 6.97. The summed E-state index contributed by atoms with van der Waals surface area (Å²) in [4.78, 5) is 22.6. The van der Waals surface area contributed by atoms with Gasteiger partial charge in [-0.15, -0.1) is 11.3 Å². The van der Waals surface area contributed by atoms with Crippen molar-refractivity contribution in [3.8, 4) is 0 Å². The molecule has 0 aliphatic rings. The maximum atomic E-state index is 12.7. The van der Waals surface area contributed by atoms with Crippen LogP contribution in [0.5, 0.6) is 0 Å². The van der Waals surface area contributed by atoms with Gasteiger partial charge in [0.25, 0.3) is 5.91 Å². The van der Waals surface area contributed by atoms with Crippen LogP contribution in [0.15, 0.2) is 42.3 Å². The van der Waals surface area contributed by atoms with Crippen LogP contribution in [0.3, 0.4) is 0 Å². The lowest BCUT2D eigenvalue weighted by molar-refractivity contribution is 0.102. The second-order valence-electron chi connectivity index (χ2n) is 6.03. The lowest BCUT2D eigenvalue weighted by Crippen LogP contribution is -2.15. The van der Waals surface area contributed by atoms with E-state index in [1.165, 1.54) is 4.88 Å². The Bertz CT molecular complexity index is 1080. The van der Waals surface area contributed by atoms with Gasteiger partial charge in [0.2, 0.25) is 0 Å². The minimum absolute atomic E-state index is 0.195. The number of hydrogen-bond acceptors (Lipinski definition) is 5. The first kappa shape index (κ1) is 16.5. The monoisotopic (exact) mass is 366 g/mol. The number of anilines is 1. The van der Waals surface area contributed by atoms with E-state index in [-0.39, 0.29) is 5.91 Å². The standard InChI is InChI=1S/C18H18N6OS/c1-12-15(26-11-19-12)6-8-23-10-14(9-20-23)22-18(25)17-13(2)21-16-5-3-4-7-24(16)17/h3-5,7,9-11H,6,8H2,1-2H3,(H,22,25). The van der Waals surface area contributed by atoms with Crippen molar-refractivity contribution in [2.75, 3.05) is 5.32 Å². The SMILES string of the molecule is Cc1ncsc1CCn1cc(NC(=O)c2c(C)nc3ccccn23)cn1. The summed E-state index contributed by atoms with van der Waals surface area (Å²) in [5, 5.41) is 7.24. The normalized spacial score (nSPS) is 11.2. The summed E-state index contributed by atoms with van der Waals surface area (Å²) in [7, 11) is 0. The second kappa shape index (κ2) is 6.72. The molecule has 26 heavy (non-hydrogen) atoms. The van der Waals surface area contributed by atoms with Crippen LogP contribution >= 0.6 is 11.3 Å². The third-order valence-electron chi connectivity index (χ3n) is 4.22. The molecule has 4 aromatic rings. The van der Waals surface area contributed by atoms with Crippen LogP contribution in [0.2, 0.25) is 0 Å². The zero-order chi connectivity index (χ0) is 18.1. The van der Waals surface area contributed by atoms with E-state index in [9.17, 15) is 4.79 Å². The van der Waals surface area contributed by atoms with Crippen LogP contribution in [0.4, 0.5) is 5.69 Å². The number of carbonyl (C=O) groups is 1. The summed E-state index contributed by atoms with van der Waals surface area (Å²) < 4.78 is 3.62. The van der Waals surface area contributed by atoms with Gasteiger partial charge in [0.05, 0.1) is 28.8 Å². The molecule has 4 heterocycles. The molecule has 0 aromatic carbocycles. The summed E-state index contributed by atoms with van der Waals surface area (Å²) in [5.41, 5.74) is 5.58. The van der Waals surface area contributed by atoms with Crippen molar-refractivity contribution in [2.45, 2.75) is 26.8 Å². The smallest absolute Gasteiger partial charge is 0.274 e. The first-order chi connectivity index (χ1) is 12.6. The van der Waals surface area contributed by atoms with Crippen molar-refractivity contribution in [1.29, 1.82) is 0 Å². The van der Waals surface area contributed by atoms with E-state index in [1.54, 1.807) is 21.9 Å². The largest absolute Gasteiger partial charge is 0.318 e. The van der Waals surface area contributed by atoms with Crippen LogP contribution in [0.1, 0.15) is 26.8 Å². The Morgan fingerprint density at radius 1 is 1.27 bits per heavy atom. The number of carbonyl (C=O) groups excluding carboxylic acids is 1. The predicted molar refractivity (Wildman–Crippen MR) is 101 cm³/mol. The van der Waals surface area contributed by atoms with Gasteiger partial charge in [-0.1, -0.05) is 6.07 Å². The van der Waals surface area contributed by atoms with E-state index in [0.29, 0.717) is 17.1 Å². The molecule has 1 N–H and O–H groups in total. The fraction of sp³-hybridized carbons (Fsp3) is 0.222. The highest BCUT2D eigenvalue weighted by Gasteiger charge is 2.17. The molecular weight excluding hydrogens is 348 g/mol. The van der Waals surface area contributed by atoms with Crippen molar-refractivity contribution in [2.24, 2.45) is 0 Å². The molecule has 0 saturated heterocycles. The molecule has 0 saturated carbocycles. The first-order valence-corrected chi connectivity index (χ1v) is 9.16. The van der Waals surface area contributed by atoms with E-state index in [2.05, 4.69) is 20.4 Å². The van der Waals surface area contributed by atoms with E-state index in [0.717, 1.165) is 24.3 Å². The molecule has 4 rings (SSSR count). The number of aryl methyl sites for hydroxylation is 4. The highest BCUT2D eigenvalue weighted by molar-refractivity contribution is 7.09. The average molecular weight is 366 g/mol. The lowest BCUT2D eigenvalue weighted by Gasteiger charge is -2.04. The third-order valence-corrected chi connectivity index (χ3v) is 5.22. The van der Waals surface area contributed by atoms with Crippen molar-refractivity contribution in [3.05, 3.63) is 64.3 Å². The number of pyridine rings is 1. The van der Waals surface area contributed by atoms with E-state index < -0.39 is 0 Å². The van der Waals surface area contributed by atoms with E-state index >= 15 is 0 Å². The summed E-state index contributed by atoms with van der Waals surface area (Å²) in [6.07, 6.45) is 6.21. The molecule has 0 bridgehead atoms. The van der Waals surface area contributed by atoms with Gasteiger partial charge in [0, 0.05) is 30.2 Å². The Hall–Kier alpha value is -3.00. The third kappa shape index (κ3) is 3.11. The van der Waals surface area contributed by atoms with Gasteiger partial charge >= 0.3 is 0 Å². The number of aromatic nitrogens is 5. The number of imidazole rings is 1. The Morgan fingerprint density at radius 3 is 2.96 bits per heavy atom. The summed E-state index contributed by atoms with van der Waals surface area (Å²) in [6.45, 7) is 4.59. The lowest BCUT2D eigenvalue weighted by atomic mass is 10.3. The fourth-order valence-electron chi connectivity index (χ4n) is 2.91. The van der Waals surface area contributed by atoms with Gasteiger partial charge in [-0.2, -0.15) is 5.10 Å². The molecule has 8 heteroatoms. The van der Waals surface area contributed by atoms with Crippen LogP contribution in [0, 0.1) is 13.8 Å². The van der Waals surface area contributed by atoms with Gasteiger partial charge in [-0.05, 0) is 26.0 Å². The number of amides is 1. The average Bonchev–Trinajstić information content (AvgIpc) is 3.31. The molecule has 0 radical (unpaired) electrons. The Kier molecular flexibility index (Phi) is 4.26. The van der Waals surface area contributed by atoms with Gasteiger partial charge < -0.3 is 5.32 Å². The molecule has 0 aliphatic carbocycles. The van der Waals surface area contributed by atoms with Crippen LogP contribution < -0.4 is 5.32 Å². The topological polar surface area (TPSA) is 77.1 Å². The molecule has 4 aromatic heterocycles. The quantitative estimate of drug-likeness (QED) is 0.589. The Morgan fingerprint density at radius 2 is 2.15 bits per heavy atom. The zero-order valence-corrected chi connectivity index (χ0v) is 15.3. The minimum Gasteiger partial charge on any atom is -0.318 e. The number of nitrogens with zero attached hydrogens (tertiary/aromatic N) is 5. The number of fused-ring (bicyclic) bond motifs is 1. The van der Waals surface area contributed by atoms with Crippen LogP contribution in [-0.4, -0.2) is 30.1 Å². The molecule has 0 unspecified atom stereocenters. The molecular formula is C18H18N6OS. The van der Waals surface area contributed by atoms with Gasteiger partial charge in [-0.3, -0.25) is 13.9 Å². The minimum atomic E-state index is -0.195. The maximum Gasteiger partial charge on any atom is 0.274 e. The Balaban J connectivity index is 1.47. The van der Waals surface area contributed by atoms with Gasteiger partial charge in [-0.25, -0.2) is 9.97 Å². The van der Waals surface area contributed by atoms with Crippen molar-refractivity contribution < 1.29 is 4.79 Å². The van der Waals surface area contributed by atoms with Crippen molar-refractivity contribution >= 4 is 28.6 Å². The highest BCUT2D eigenvalue weighted by atomic mass is 32.1. The molecule has 0 atom stereocenters. The summed E-state index contributed by atoms with van der Waals surface area (Å²) in [5.74, 6) is -0.195. The van der Waals surface area contributed by atoms with E-state index in [4.69, 9.17) is 0 Å². The first-order valence-electron chi connectivity index (χ1n) is 8.28. The summed E-state index contributed by atoms with van der Waals surface area (Å²) >= 11 is 1.66. The molecule has 0 aliphatic heterocycles. The van der Waals surface area contributed by atoms with Crippen LogP contribution in [0.25, 0.3) is 5.65 Å². The zero-order valence-electron chi connectivity index (χ0n) is 14.5. The number of nitrogens with one attached hydrogen (secondary N) is 1. The molecule has 0 fully saturated rings. The molecule has 132 valence electrons. The number of thiazole rings is 1.